The SMILES string of the molecule is NC[C@@H]1OCCc2cc(-c3cccnc3)ccc21.NC[C@H]1OCCc2cc(-c3cccnc3)ccc21. The lowest BCUT2D eigenvalue weighted by molar-refractivity contribution is 0.0484. The molecule has 184 valence electrons. The predicted octanol–water partition coefficient (Wildman–Crippen LogP) is 4.64. The fourth-order valence-electron chi connectivity index (χ4n) is 4.89. The van der Waals surface area contributed by atoms with Gasteiger partial charge in [-0.05, 0) is 69.5 Å². The minimum Gasteiger partial charge on any atom is -0.372 e. The molecule has 2 aliphatic rings. The van der Waals surface area contributed by atoms with E-state index in [9.17, 15) is 0 Å². The molecule has 0 amide bonds. The number of fused-ring (bicyclic) bond motifs is 2. The van der Waals surface area contributed by atoms with Crippen molar-refractivity contribution in [2.75, 3.05) is 26.3 Å². The number of pyridine rings is 2. The Labute approximate surface area is 212 Å². The van der Waals surface area contributed by atoms with E-state index in [1.807, 2.05) is 24.5 Å². The summed E-state index contributed by atoms with van der Waals surface area (Å²) in [5.74, 6) is 0. The van der Waals surface area contributed by atoms with Crippen LogP contribution in [0.5, 0.6) is 0 Å². The Kier molecular flexibility index (Phi) is 7.79. The van der Waals surface area contributed by atoms with Gasteiger partial charge in [0.25, 0.3) is 0 Å². The molecule has 4 N–H and O–H groups in total. The number of rotatable bonds is 4. The van der Waals surface area contributed by atoms with E-state index in [0.29, 0.717) is 13.1 Å². The van der Waals surface area contributed by atoms with Crippen molar-refractivity contribution >= 4 is 0 Å². The Balaban J connectivity index is 0.000000148. The standard InChI is InChI=1S/2C15H16N2O/c2*16-9-15-14-4-3-11(8-12(14)5-7-18-15)13-2-1-6-17-10-13/h2*1-4,6,8,10,15H,5,7,9,16H2/t2*15-/m10/s1. The van der Waals surface area contributed by atoms with E-state index in [-0.39, 0.29) is 12.2 Å². The van der Waals surface area contributed by atoms with Crippen LogP contribution in [0.3, 0.4) is 0 Å². The van der Waals surface area contributed by atoms with Crippen molar-refractivity contribution in [1.82, 2.24) is 9.97 Å². The number of benzene rings is 2. The van der Waals surface area contributed by atoms with Crippen molar-refractivity contribution in [3.63, 3.8) is 0 Å². The molecule has 6 nitrogen and oxygen atoms in total. The largest absolute Gasteiger partial charge is 0.372 e. The highest BCUT2D eigenvalue weighted by molar-refractivity contribution is 5.65. The van der Waals surface area contributed by atoms with Gasteiger partial charge in [0.2, 0.25) is 0 Å². The van der Waals surface area contributed by atoms with Crippen LogP contribution in [0.15, 0.2) is 85.5 Å². The number of hydrogen-bond donors (Lipinski definition) is 2. The van der Waals surface area contributed by atoms with Crippen molar-refractivity contribution in [3.8, 4) is 22.3 Å². The lowest BCUT2D eigenvalue weighted by atomic mass is 9.93. The van der Waals surface area contributed by atoms with E-state index in [2.05, 4.69) is 58.5 Å². The van der Waals surface area contributed by atoms with E-state index in [1.54, 1.807) is 12.4 Å². The molecular formula is C30H32N4O2. The Morgan fingerprint density at radius 3 is 1.50 bits per heavy atom. The average Bonchev–Trinajstić information content (AvgIpc) is 2.97. The van der Waals surface area contributed by atoms with Gasteiger partial charge in [-0.25, -0.2) is 0 Å². The first-order valence-corrected chi connectivity index (χ1v) is 12.5. The van der Waals surface area contributed by atoms with E-state index < -0.39 is 0 Å². The van der Waals surface area contributed by atoms with Crippen molar-refractivity contribution in [1.29, 1.82) is 0 Å². The van der Waals surface area contributed by atoms with E-state index >= 15 is 0 Å². The van der Waals surface area contributed by atoms with Gasteiger partial charge in [-0.3, -0.25) is 9.97 Å². The van der Waals surface area contributed by atoms with Gasteiger partial charge in [0, 0.05) is 37.9 Å². The first kappa shape index (κ1) is 24.3. The zero-order chi connectivity index (χ0) is 24.7. The molecule has 0 aliphatic carbocycles. The van der Waals surface area contributed by atoms with Crippen LogP contribution < -0.4 is 11.5 Å². The maximum absolute atomic E-state index is 5.73. The topological polar surface area (TPSA) is 96.3 Å². The zero-order valence-electron chi connectivity index (χ0n) is 20.3. The summed E-state index contributed by atoms with van der Waals surface area (Å²) in [4.78, 5) is 8.32. The third-order valence-electron chi connectivity index (χ3n) is 6.78. The van der Waals surface area contributed by atoms with Gasteiger partial charge in [-0.15, -0.1) is 0 Å². The second-order valence-electron chi connectivity index (χ2n) is 9.00. The highest BCUT2D eigenvalue weighted by Gasteiger charge is 2.20. The molecule has 2 atom stereocenters. The third-order valence-corrected chi connectivity index (χ3v) is 6.78. The van der Waals surface area contributed by atoms with Crippen LogP contribution in [0.2, 0.25) is 0 Å². The summed E-state index contributed by atoms with van der Waals surface area (Å²) in [6, 6.07) is 21.0. The maximum Gasteiger partial charge on any atom is 0.0949 e. The lowest BCUT2D eigenvalue weighted by Gasteiger charge is -2.25. The minimum absolute atomic E-state index is 0.0525. The van der Waals surface area contributed by atoms with Gasteiger partial charge < -0.3 is 20.9 Å². The summed E-state index contributed by atoms with van der Waals surface area (Å²) in [6.45, 7) is 2.59. The third kappa shape index (κ3) is 5.37. The van der Waals surface area contributed by atoms with Gasteiger partial charge in [0.05, 0.1) is 25.4 Å². The van der Waals surface area contributed by atoms with Crippen LogP contribution in [0, 0.1) is 0 Å². The van der Waals surface area contributed by atoms with Gasteiger partial charge in [-0.1, -0.05) is 48.5 Å². The highest BCUT2D eigenvalue weighted by Crippen LogP contribution is 2.31. The molecule has 0 radical (unpaired) electrons. The van der Waals surface area contributed by atoms with Crippen LogP contribution in [0.1, 0.15) is 34.5 Å². The van der Waals surface area contributed by atoms with E-state index in [0.717, 1.165) is 37.2 Å². The molecule has 6 rings (SSSR count). The van der Waals surface area contributed by atoms with Crippen LogP contribution >= 0.6 is 0 Å². The molecule has 4 aromatic rings. The Morgan fingerprint density at radius 2 is 1.11 bits per heavy atom. The number of ether oxygens (including phenoxy) is 2. The summed E-state index contributed by atoms with van der Waals surface area (Å²) in [5, 5.41) is 0. The van der Waals surface area contributed by atoms with E-state index in [4.69, 9.17) is 20.9 Å². The number of aromatic nitrogens is 2. The summed E-state index contributed by atoms with van der Waals surface area (Å²) in [5.41, 5.74) is 21.3. The quantitative estimate of drug-likeness (QED) is 0.442. The summed E-state index contributed by atoms with van der Waals surface area (Å²) in [7, 11) is 0. The highest BCUT2D eigenvalue weighted by atomic mass is 16.5. The maximum atomic E-state index is 5.73. The summed E-state index contributed by atoms with van der Waals surface area (Å²) >= 11 is 0. The molecule has 36 heavy (non-hydrogen) atoms. The van der Waals surface area contributed by atoms with Crippen molar-refractivity contribution in [3.05, 3.63) is 108 Å². The zero-order valence-corrected chi connectivity index (χ0v) is 20.3. The summed E-state index contributed by atoms with van der Waals surface area (Å²) in [6.07, 6.45) is 9.39. The molecule has 6 heteroatoms. The lowest BCUT2D eigenvalue weighted by Crippen LogP contribution is -2.22. The fourth-order valence-corrected chi connectivity index (χ4v) is 4.89. The first-order valence-electron chi connectivity index (χ1n) is 12.5. The number of hydrogen-bond acceptors (Lipinski definition) is 6. The fraction of sp³-hybridized carbons (Fsp3) is 0.267. The molecule has 0 fully saturated rings. The Hall–Kier alpha value is -3.42. The van der Waals surface area contributed by atoms with Crippen LogP contribution in [-0.2, 0) is 22.3 Å². The predicted molar refractivity (Wildman–Crippen MR) is 142 cm³/mol. The smallest absolute Gasteiger partial charge is 0.0949 e. The van der Waals surface area contributed by atoms with Gasteiger partial charge >= 0.3 is 0 Å². The molecule has 2 aromatic carbocycles. The monoisotopic (exact) mass is 480 g/mol. The molecule has 0 saturated heterocycles. The van der Waals surface area contributed by atoms with Crippen molar-refractivity contribution < 1.29 is 9.47 Å². The molecule has 0 unspecified atom stereocenters. The second-order valence-corrected chi connectivity index (χ2v) is 9.00. The Morgan fingerprint density at radius 1 is 0.639 bits per heavy atom. The molecular weight excluding hydrogens is 448 g/mol. The molecule has 2 aliphatic heterocycles. The average molecular weight is 481 g/mol. The van der Waals surface area contributed by atoms with Crippen molar-refractivity contribution in [2.24, 2.45) is 11.5 Å². The van der Waals surface area contributed by atoms with E-state index in [1.165, 1.54) is 33.4 Å². The van der Waals surface area contributed by atoms with Crippen LogP contribution in [-0.4, -0.2) is 36.3 Å². The normalized spacial score (nSPS) is 18.4. The first-order chi connectivity index (χ1) is 17.8. The number of nitrogens with zero attached hydrogens (tertiary/aromatic N) is 2. The van der Waals surface area contributed by atoms with Crippen molar-refractivity contribution in [2.45, 2.75) is 25.0 Å². The molecule has 0 spiro atoms. The van der Waals surface area contributed by atoms with Gasteiger partial charge in [0.15, 0.2) is 0 Å². The number of nitrogens with two attached hydrogens (primary N) is 2. The molecule has 2 aromatic heterocycles. The summed E-state index contributed by atoms with van der Waals surface area (Å²) < 4.78 is 11.3. The minimum atomic E-state index is 0.0525. The molecule has 0 bridgehead atoms. The molecule has 4 heterocycles. The molecule has 0 saturated carbocycles. The van der Waals surface area contributed by atoms with Gasteiger partial charge in [0.1, 0.15) is 0 Å². The van der Waals surface area contributed by atoms with Crippen LogP contribution in [0.25, 0.3) is 22.3 Å². The van der Waals surface area contributed by atoms with Gasteiger partial charge in [-0.2, -0.15) is 0 Å². The Bertz CT molecular complexity index is 1180. The van der Waals surface area contributed by atoms with Crippen LogP contribution in [0.4, 0.5) is 0 Å². The second kappa shape index (κ2) is 11.5.